The van der Waals surface area contributed by atoms with E-state index >= 15 is 0 Å². The number of hydrogen-bond donors (Lipinski definition) is 0. The van der Waals surface area contributed by atoms with Gasteiger partial charge in [0.05, 0.1) is 19.8 Å². The number of rotatable bonds is 6. The van der Waals surface area contributed by atoms with Crippen LogP contribution < -0.4 is 0 Å². The lowest BCUT2D eigenvalue weighted by molar-refractivity contribution is 0.0257. The maximum Gasteiger partial charge on any atom is 0.355 e. The first-order chi connectivity index (χ1) is 9.91. The zero-order valence-electron chi connectivity index (χ0n) is 11.5. The number of esters is 1. The number of ether oxygens (including phenoxy) is 3. The molecule has 7 nitrogen and oxygen atoms in total. The Morgan fingerprint density at radius 2 is 2.33 bits per heavy atom. The predicted molar refractivity (Wildman–Crippen MR) is 74.0 cm³/mol. The van der Waals surface area contributed by atoms with E-state index in [0.29, 0.717) is 32.8 Å². The number of hydrogen-bond acceptors (Lipinski definition) is 6. The van der Waals surface area contributed by atoms with Crippen LogP contribution in [-0.4, -0.2) is 52.0 Å². The van der Waals surface area contributed by atoms with Crippen LogP contribution in [0.15, 0.2) is 17.2 Å². The summed E-state index contributed by atoms with van der Waals surface area (Å²) in [6.07, 6.45) is 1.62. The van der Waals surface area contributed by atoms with E-state index in [2.05, 4.69) is 0 Å². The molecule has 9 heteroatoms. The van der Waals surface area contributed by atoms with E-state index < -0.39 is 15.0 Å². The monoisotopic (exact) mass is 337 g/mol. The van der Waals surface area contributed by atoms with Crippen LogP contribution in [0.4, 0.5) is 0 Å². The van der Waals surface area contributed by atoms with Crippen LogP contribution in [0, 0.1) is 0 Å². The van der Waals surface area contributed by atoms with Crippen LogP contribution in [0.5, 0.6) is 0 Å². The first kappa shape index (κ1) is 16.3. The zero-order valence-corrected chi connectivity index (χ0v) is 13.0. The quantitative estimate of drug-likeness (QED) is 0.569. The first-order valence-electron chi connectivity index (χ1n) is 6.34. The summed E-state index contributed by atoms with van der Waals surface area (Å²) in [7, 11) is 2.91. The third kappa shape index (κ3) is 4.19. The van der Waals surface area contributed by atoms with Gasteiger partial charge in [0.25, 0.3) is 9.05 Å². The summed E-state index contributed by atoms with van der Waals surface area (Å²) in [6, 6.07) is 1.20. The number of halogens is 1. The lowest BCUT2D eigenvalue weighted by Crippen LogP contribution is -2.21. The molecule has 0 aromatic carbocycles. The molecule has 2 heterocycles. The Bertz CT molecular complexity index is 605. The molecule has 1 unspecified atom stereocenters. The van der Waals surface area contributed by atoms with E-state index in [1.54, 1.807) is 0 Å². The highest BCUT2D eigenvalue weighted by Crippen LogP contribution is 2.20. The number of nitrogens with zero attached hydrogens (tertiary/aromatic N) is 1. The molecule has 1 aliphatic rings. The van der Waals surface area contributed by atoms with Gasteiger partial charge in [0.2, 0.25) is 0 Å². The Morgan fingerprint density at radius 1 is 1.57 bits per heavy atom. The third-order valence-corrected chi connectivity index (χ3v) is 4.38. The standard InChI is InChI=1S/C12H16ClNO6S/c1-18-5-3-14-7-10(21(13,16)17)6-11(14)12(15)20-9-2-4-19-8-9/h6-7,9H,2-5,8H2,1H3. The van der Waals surface area contributed by atoms with Gasteiger partial charge in [-0.2, -0.15) is 0 Å². The molecule has 2 rings (SSSR count). The number of carbonyl (C=O) groups is 1. The summed E-state index contributed by atoms with van der Waals surface area (Å²) in [5.41, 5.74) is 0.123. The van der Waals surface area contributed by atoms with Crippen molar-refractivity contribution in [1.82, 2.24) is 4.57 Å². The second kappa shape index (κ2) is 6.78. The van der Waals surface area contributed by atoms with Crippen LogP contribution in [-0.2, 0) is 29.8 Å². The molecule has 0 N–H and O–H groups in total. The minimum absolute atomic E-state index is 0.123. The van der Waals surface area contributed by atoms with E-state index in [4.69, 9.17) is 24.9 Å². The summed E-state index contributed by atoms with van der Waals surface area (Å²) >= 11 is 0. The molecule has 1 saturated heterocycles. The molecular weight excluding hydrogens is 322 g/mol. The maximum atomic E-state index is 12.1. The molecule has 0 saturated carbocycles. The normalized spacial score (nSPS) is 18.9. The lowest BCUT2D eigenvalue weighted by atomic mass is 10.3. The first-order valence-corrected chi connectivity index (χ1v) is 8.65. The third-order valence-electron chi connectivity index (χ3n) is 3.06. The molecule has 118 valence electrons. The molecule has 1 atom stereocenters. The van der Waals surface area contributed by atoms with Gasteiger partial charge in [-0.3, -0.25) is 0 Å². The maximum absolute atomic E-state index is 12.1. The molecule has 0 amide bonds. The Balaban J connectivity index is 2.22. The lowest BCUT2D eigenvalue weighted by Gasteiger charge is -2.12. The van der Waals surface area contributed by atoms with E-state index in [9.17, 15) is 13.2 Å². The number of aromatic nitrogens is 1. The highest BCUT2D eigenvalue weighted by molar-refractivity contribution is 8.13. The minimum Gasteiger partial charge on any atom is -0.455 e. The van der Waals surface area contributed by atoms with Crippen molar-refractivity contribution in [2.75, 3.05) is 26.9 Å². The van der Waals surface area contributed by atoms with E-state index in [1.807, 2.05) is 0 Å². The van der Waals surface area contributed by atoms with E-state index in [-0.39, 0.29) is 16.7 Å². The number of carbonyl (C=O) groups excluding carboxylic acids is 1. The largest absolute Gasteiger partial charge is 0.455 e. The molecule has 1 aromatic heterocycles. The van der Waals surface area contributed by atoms with Gasteiger partial charge in [0.1, 0.15) is 16.7 Å². The summed E-state index contributed by atoms with van der Waals surface area (Å²) in [4.78, 5) is 12.0. The van der Waals surface area contributed by atoms with Gasteiger partial charge < -0.3 is 18.8 Å². The SMILES string of the molecule is COCCn1cc(S(=O)(=O)Cl)cc1C(=O)OC1CCOC1. The molecule has 0 aliphatic carbocycles. The van der Waals surface area contributed by atoms with Crippen LogP contribution in [0.25, 0.3) is 0 Å². The van der Waals surface area contributed by atoms with Crippen molar-refractivity contribution in [2.45, 2.75) is 24.0 Å². The van der Waals surface area contributed by atoms with Crippen molar-refractivity contribution in [1.29, 1.82) is 0 Å². The molecule has 0 spiro atoms. The number of methoxy groups -OCH3 is 1. The Kier molecular flexibility index (Phi) is 5.26. The fourth-order valence-corrected chi connectivity index (χ4v) is 2.74. The fraction of sp³-hybridized carbons (Fsp3) is 0.583. The van der Waals surface area contributed by atoms with Crippen molar-refractivity contribution < 1.29 is 27.4 Å². The Morgan fingerprint density at radius 3 is 2.90 bits per heavy atom. The second-order valence-corrected chi connectivity index (χ2v) is 7.14. The molecule has 21 heavy (non-hydrogen) atoms. The Labute approximate surface area is 127 Å². The molecule has 1 aliphatic heterocycles. The molecule has 0 radical (unpaired) electrons. The molecule has 0 bridgehead atoms. The second-order valence-electron chi connectivity index (χ2n) is 4.58. The average molecular weight is 338 g/mol. The summed E-state index contributed by atoms with van der Waals surface area (Å²) < 4.78 is 39.6. The van der Waals surface area contributed by atoms with E-state index in [1.165, 1.54) is 23.9 Å². The van der Waals surface area contributed by atoms with E-state index in [0.717, 1.165) is 0 Å². The summed E-state index contributed by atoms with van der Waals surface area (Å²) in [5, 5.41) is 0. The van der Waals surface area contributed by atoms with Crippen LogP contribution in [0.2, 0.25) is 0 Å². The summed E-state index contributed by atoms with van der Waals surface area (Å²) in [6.45, 7) is 1.53. The van der Waals surface area contributed by atoms with Crippen molar-refractivity contribution in [3.8, 4) is 0 Å². The summed E-state index contributed by atoms with van der Waals surface area (Å²) in [5.74, 6) is -0.604. The van der Waals surface area contributed by atoms with Gasteiger partial charge in [-0.15, -0.1) is 0 Å². The van der Waals surface area contributed by atoms with Crippen molar-refractivity contribution >= 4 is 25.7 Å². The minimum atomic E-state index is -3.91. The highest BCUT2D eigenvalue weighted by atomic mass is 35.7. The smallest absolute Gasteiger partial charge is 0.355 e. The molecule has 1 aromatic rings. The van der Waals surface area contributed by atoms with Crippen LogP contribution in [0.1, 0.15) is 16.9 Å². The molecule has 1 fully saturated rings. The van der Waals surface area contributed by atoms with Crippen molar-refractivity contribution in [3.63, 3.8) is 0 Å². The zero-order chi connectivity index (χ0) is 15.5. The fourth-order valence-electron chi connectivity index (χ4n) is 1.98. The Hall–Kier alpha value is -1.09. The predicted octanol–water partition coefficient (Wildman–Crippen LogP) is 1.01. The van der Waals surface area contributed by atoms with Crippen molar-refractivity contribution in [2.24, 2.45) is 0 Å². The van der Waals surface area contributed by atoms with Crippen molar-refractivity contribution in [3.05, 3.63) is 18.0 Å². The topological polar surface area (TPSA) is 83.8 Å². The van der Waals surface area contributed by atoms with Gasteiger partial charge in [-0.1, -0.05) is 0 Å². The van der Waals surface area contributed by atoms with Crippen LogP contribution >= 0.6 is 10.7 Å². The van der Waals surface area contributed by atoms with Gasteiger partial charge in [-0.05, 0) is 6.07 Å². The van der Waals surface area contributed by atoms with Crippen LogP contribution in [0.3, 0.4) is 0 Å². The van der Waals surface area contributed by atoms with Gasteiger partial charge >= 0.3 is 5.97 Å². The molecular formula is C12H16ClNO6S. The van der Waals surface area contributed by atoms with Gasteiger partial charge in [0.15, 0.2) is 0 Å². The van der Waals surface area contributed by atoms with Gasteiger partial charge in [-0.25, -0.2) is 13.2 Å². The highest BCUT2D eigenvalue weighted by Gasteiger charge is 2.25. The average Bonchev–Trinajstić information content (AvgIpc) is 3.03. The van der Waals surface area contributed by atoms with Gasteiger partial charge in [0, 0.05) is 37.0 Å².